The molecule has 2 rings (SSSR count). The lowest BCUT2D eigenvalue weighted by atomic mass is 9.90. The highest BCUT2D eigenvalue weighted by Gasteiger charge is 2.32. The Kier molecular flexibility index (Phi) is 3.20. The first-order chi connectivity index (χ1) is 7.62. The van der Waals surface area contributed by atoms with E-state index in [0.717, 1.165) is 12.3 Å². The molecule has 16 heavy (non-hydrogen) atoms. The number of nitrogens with one attached hydrogen (secondary N) is 1. The molecule has 0 radical (unpaired) electrons. The first-order valence-corrected chi connectivity index (χ1v) is 6.13. The Labute approximate surface area is 98.0 Å². The molecular weight excluding hydrogens is 198 g/mol. The van der Waals surface area contributed by atoms with Gasteiger partial charge >= 0.3 is 0 Å². The summed E-state index contributed by atoms with van der Waals surface area (Å²) in [5, 5.41) is 3.58. The van der Waals surface area contributed by atoms with Gasteiger partial charge in [0.05, 0.1) is 6.10 Å². The molecule has 0 aliphatic carbocycles. The lowest BCUT2D eigenvalue weighted by Crippen LogP contribution is -2.33. The number of hydrogen-bond donors (Lipinski definition) is 1. The highest BCUT2D eigenvalue weighted by Crippen LogP contribution is 2.36. The van der Waals surface area contributed by atoms with Gasteiger partial charge in [-0.05, 0) is 46.2 Å². The average molecular weight is 219 g/mol. The van der Waals surface area contributed by atoms with E-state index in [1.165, 1.54) is 18.4 Å². The summed E-state index contributed by atoms with van der Waals surface area (Å²) in [5.74, 6) is 1.02. The molecule has 2 nitrogen and oxygen atoms in total. The molecule has 1 saturated heterocycles. The number of para-hydroxylation sites is 1. The summed E-state index contributed by atoms with van der Waals surface area (Å²) in [6, 6.07) is 8.38. The van der Waals surface area contributed by atoms with E-state index in [9.17, 15) is 0 Å². The topological polar surface area (TPSA) is 21.3 Å². The van der Waals surface area contributed by atoms with Crippen molar-refractivity contribution >= 4 is 0 Å². The van der Waals surface area contributed by atoms with Gasteiger partial charge in [0.1, 0.15) is 5.75 Å². The number of hydrogen-bond acceptors (Lipinski definition) is 2. The maximum absolute atomic E-state index is 5.88. The predicted octanol–water partition coefficient (Wildman–Crippen LogP) is 3.07. The van der Waals surface area contributed by atoms with Crippen LogP contribution in [0.15, 0.2) is 24.3 Å². The van der Waals surface area contributed by atoms with Crippen molar-refractivity contribution in [2.24, 2.45) is 0 Å². The van der Waals surface area contributed by atoms with Gasteiger partial charge in [0, 0.05) is 11.1 Å². The molecule has 1 aromatic rings. The second kappa shape index (κ2) is 4.46. The fourth-order valence-electron chi connectivity index (χ4n) is 2.40. The van der Waals surface area contributed by atoms with E-state index in [2.05, 4.69) is 44.3 Å². The molecule has 2 heteroatoms. The van der Waals surface area contributed by atoms with Crippen LogP contribution in [0.25, 0.3) is 0 Å². The zero-order chi connectivity index (χ0) is 11.6. The first-order valence-electron chi connectivity index (χ1n) is 6.13. The Morgan fingerprint density at radius 1 is 1.31 bits per heavy atom. The number of rotatable bonds is 3. The summed E-state index contributed by atoms with van der Waals surface area (Å²) < 4.78 is 5.88. The van der Waals surface area contributed by atoms with Crippen LogP contribution in [0.2, 0.25) is 0 Å². The summed E-state index contributed by atoms with van der Waals surface area (Å²) in [6.45, 7) is 7.51. The third-order valence-electron chi connectivity index (χ3n) is 3.21. The lowest BCUT2D eigenvalue weighted by molar-refractivity contribution is 0.233. The number of ether oxygens (including phenoxy) is 1. The van der Waals surface area contributed by atoms with Gasteiger partial charge in [-0.1, -0.05) is 18.2 Å². The fourth-order valence-corrected chi connectivity index (χ4v) is 2.40. The van der Waals surface area contributed by atoms with Crippen LogP contribution in [0, 0.1) is 0 Å². The molecule has 0 amide bonds. The standard InChI is InChI=1S/C14H21NO/c1-11(2)16-13-8-5-4-7-12(13)14(3)9-6-10-15-14/h4-5,7-8,11,15H,6,9-10H2,1-3H3. The third kappa shape index (κ3) is 2.22. The summed E-state index contributed by atoms with van der Waals surface area (Å²) >= 11 is 0. The van der Waals surface area contributed by atoms with Crippen LogP contribution in [-0.2, 0) is 5.54 Å². The van der Waals surface area contributed by atoms with E-state index in [0.29, 0.717) is 0 Å². The predicted molar refractivity (Wildman–Crippen MR) is 66.8 cm³/mol. The van der Waals surface area contributed by atoms with E-state index < -0.39 is 0 Å². The van der Waals surface area contributed by atoms with Crippen LogP contribution in [0.4, 0.5) is 0 Å². The molecule has 0 aromatic heterocycles. The maximum Gasteiger partial charge on any atom is 0.124 e. The Balaban J connectivity index is 2.32. The fraction of sp³-hybridized carbons (Fsp3) is 0.571. The summed E-state index contributed by atoms with van der Waals surface area (Å²) in [4.78, 5) is 0. The van der Waals surface area contributed by atoms with Gasteiger partial charge in [0.2, 0.25) is 0 Å². The Bertz CT molecular complexity index is 354. The van der Waals surface area contributed by atoms with Gasteiger partial charge in [-0.25, -0.2) is 0 Å². The van der Waals surface area contributed by atoms with Gasteiger partial charge < -0.3 is 10.1 Å². The Morgan fingerprint density at radius 3 is 2.69 bits per heavy atom. The smallest absolute Gasteiger partial charge is 0.124 e. The highest BCUT2D eigenvalue weighted by molar-refractivity contribution is 5.39. The minimum Gasteiger partial charge on any atom is -0.491 e. The molecular formula is C14H21NO. The van der Waals surface area contributed by atoms with Crippen molar-refractivity contribution in [3.63, 3.8) is 0 Å². The van der Waals surface area contributed by atoms with Crippen molar-refractivity contribution in [3.05, 3.63) is 29.8 Å². The molecule has 1 aliphatic rings. The molecule has 0 spiro atoms. The molecule has 1 unspecified atom stereocenters. The molecule has 1 aromatic carbocycles. The van der Waals surface area contributed by atoms with E-state index in [1.54, 1.807) is 0 Å². The molecule has 1 heterocycles. The minimum atomic E-state index is 0.0888. The Hall–Kier alpha value is -1.02. The second-order valence-electron chi connectivity index (χ2n) is 5.03. The van der Waals surface area contributed by atoms with Gasteiger partial charge in [0.25, 0.3) is 0 Å². The van der Waals surface area contributed by atoms with Gasteiger partial charge in [-0.3, -0.25) is 0 Å². The van der Waals surface area contributed by atoms with Crippen molar-refractivity contribution in [1.82, 2.24) is 5.32 Å². The highest BCUT2D eigenvalue weighted by atomic mass is 16.5. The van der Waals surface area contributed by atoms with Crippen molar-refractivity contribution in [2.45, 2.75) is 45.3 Å². The average Bonchev–Trinajstić information content (AvgIpc) is 2.66. The quantitative estimate of drug-likeness (QED) is 0.843. The molecule has 1 aliphatic heterocycles. The molecule has 1 atom stereocenters. The van der Waals surface area contributed by atoms with Crippen LogP contribution in [-0.4, -0.2) is 12.6 Å². The van der Waals surface area contributed by atoms with Gasteiger partial charge in [0.15, 0.2) is 0 Å². The zero-order valence-corrected chi connectivity index (χ0v) is 10.4. The molecule has 1 fully saturated rings. The van der Waals surface area contributed by atoms with E-state index in [1.807, 2.05) is 6.07 Å². The van der Waals surface area contributed by atoms with E-state index in [-0.39, 0.29) is 11.6 Å². The normalized spacial score (nSPS) is 25.0. The second-order valence-corrected chi connectivity index (χ2v) is 5.03. The third-order valence-corrected chi connectivity index (χ3v) is 3.21. The monoisotopic (exact) mass is 219 g/mol. The van der Waals surface area contributed by atoms with E-state index in [4.69, 9.17) is 4.74 Å². The van der Waals surface area contributed by atoms with E-state index >= 15 is 0 Å². The van der Waals surface area contributed by atoms with Crippen molar-refractivity contribution in [3.8, 4) is 5.75 Å². The SMILES string of the molecule is CC(C)Oc1ccccc1C1(C)CCCN1. The van der Waals surface area contributed by atoms with Gasteiger partial charge in [-0.2, -0.15) is 0 Å². The van der Waals surface area contributed by atoms with Crippen molar-refractivity contribution in [1.29, 1.82) is 0 Å². The van der Waals surface area contributed by atoms with Gasteiger partial charge in [-0.15, -0.1) is 0 Å². The summed E-state index contributed by atoms with van der Waals surface area (Å²) in [6.07, 6.45) is 2.66. The molecule has 1 N–H and O–H groups in total. The zero-order valence-electron chi connectivity index (χ0n) is 10.4. The molecule has 88 valence electrons. The number of benzene rings is 1. The van der Waals surface area contributed by atoms with Crippen LogP contribution in [0.1, 0.15) is 39.2 Å². The maximum atomic E-state index is 5.88. The van der Waals surface area contributed by atoms with Crippen LogP contribution in [0.5, 0.6) is 5.75 Å². The van der Waals surface area contributed by atoms with Crippen molar-refractivity contribution < 1.29 is 4.74 Å². The summed E-state index contributed by atoms with van der Waals surface area (Å²) in [7, 11) is 0. The summed E-state index contributed by atoms with van der Waals surface area (Å²) in [5.41, 5.74) is 1.38. The molecule has 0 saturated carbocycles. The Morgan fingerprint density at radius 2 is 2.06 bits per heavy atom. The van der Waals surface area contributed by atoms with Crippen LogP contribution < -0.4 is 10.1 Å². The van der Waals surface area contributed by atoms with Crippen LogP contribution >= 0.6 is 0 Å². The minimum absolute atomic E-state index is 0.0888. The van der Waals surface area contributed by atoms with Crippen LogP contribution in [0.3, 0.4) is 0 Å². The largest absolute Gasteiger partial charge is 0.491 e. The van der Waals surface area contributed by atoms with Crippen molar-refractivity contribution in [2.75, 3.05) is 6.54 Å². The lowest BCUT2D eigenvalue weighted by Gasteiger charge is -2.28. The first kappa shape index (κ1) is 11.5. The molecule has 0 bridgehead atoms.